The molecular formula is C30H41NO8. The number of amides is 1. The summed E-state index contributed by atoms with van der Waals surface area (Å²) in [6.45, 7) is 8.79. The molecule has 214 valence electrons. The third kappa shape index (κ3) is 10.3. The van der Waals surface area contributed by atoms with Crippen LogP contribution >= 0.6 is 0 Å². The molecule has 1 amide bonds. The molecule has 0 bridgehead atoms. The van der Waals surface area contributed by atoms with Gasteiger partial charge in [0.25, 0.3) is 0 Å². The van der Waals surface area contributed by atoms with Gasteiger partial charge in [-0.15, -0.1) is 0 Å². The van der Waals surface area contributed by atoms with Crippen LogP contribution in [0.5, 0.6) is 0 Å². The zero-order valence-corrected chi connectivity index (χ0v) is 23.5. The summed E-state index contributed by atoms with van der Waals surface area (Å²) in [4.78, 5) is 25.6. The number of fused-ring (bicyclic) bond motifs is 3. The van der Waals surface area contributed by atoms with Crippen LogP contribution in [-0.4, -0.2) is 95.6 Å². The van der Waals surface area contributed by atoms with Gasteiger partial charge < -0.3 is 33.3 Å². The molecule has 2 aromatic rings. The van der Waals surface area contributed by atoms with Gasteiger partial charge in [0.1, 0.15) is 18.8 Å². The number of hydrogen-bond acceptors (Lipinski definition) is 8. The molecule has 0 aromatic heterocycles. The molecule has 9 heteroatoms. The van der Waals surface area contributed by atoms with E-state index in [9.17, 15) is 9.59 Å². The number of esters is 1. The first-order valence-corrected chi connectivity index (χ1v) is 13.3. The fourth-order valence-corrected chi connectivity index (χ4v) is 4.18. The topological polar surface area (TPSA) is 92.8 Å². The normalized spacial score (nSPS) is 12.6. The van der Waals surface area contributed by atoms with Crippen molar-refractivity contribution in [1.29, 1.82) is 0 Å². The monoisotopic (exact) mass is 543 g/mol. The minimum Gasteiger partial charge on any atom is -0.458 e. The van der Waals surface area contributed by atoms with E-state index in [2.05, 4.69) is 24.3 Å². The zero-order chi connectivity index (χ0) is 28.1. The number of carbonyl (C=O) groups excluding carboxylic acids is 2. The largest absolute Gasteiger partial charge is 0.458 e. The number of likely N-dealkylation sites (N-methyl/N-ethyl adjacent to an activating group) is 1. The van der Waals surface area contributed by atoms with Crippen molar-refractivity contribution in [2.24, 2.45) is 0 Å². The van der Waals surface area contributed by atoms with Crippen molar-refractivity contribution in [3.8, 4) is 11.1 Å². The first-order chi connectivity index (χ1) is 18.8. The molecule has 2 aromatic carbocycles. The number of benzene rings is 2. The van der Waals surface area contributed by atoms with E-state index in [-0.39, 0.29) is 18.6 Å². The van der Waals surface area contributed by atoms with E-state index in [4.69, 9.17) is 28.4 Å². The van der Waals surface area contributed by atoms with Gasteiger partial charge in [-0.3, -0.25) is 0 Å². The summed E-state index contributed by atoms with van der Waals surface area (Å²) in [6.07, 6.45) is -0.371. The van der Waals surface area contributed by atoms with Crippen LogP contribution in [-0.2, 0) is 33.2 Å². The van der Waals surface area contributed by atoms with E-state index in [0.717, 1.165) is 0 Å². The molecular weight excluding hydrogens is 502 g/mol. The average Bonchev–Trinajstić information content (AvgIpc) is 3.22. The molecule has 0 saturated carbocycles. The van der Waals surface area contributed by atoms with Gasteiger partial charge >= 0.3 is 12.1 Å². The minimum absolute atomic E-state index is 0.0388. The Labute approximate surface area is 231 Å². The Morgan fingerprint density at radius 1 is 0.744 bits per heavy atom. The molecule has 0 atom stereocenters. The van der Waals surface area contributed by atoms with E-state index >= 15 is 0 Å². The lowest BCUT2D eigenvalue weighted by Gasteiger charge is -2.19. The molecule has 0 heterocycles. The highest BCUT2D eigenvalue weighted by atomic mass is 16.6. The predicted molar refractivity (Wildman–Crippen MR) is 147 cm³/mol. The second-order valence-electron chi connectivity index (χ2n) is 10.2. The number of rotatable bonds is 16. The molecule has 0 unspecified atom stereocenters. The maximum Gasteiger partial charge on any atom is 0.409 e. The van der Waals surface area contributed by atoms with Crippen molar-refractivity contribution in [1.82, 2.24) is 4.90 Å². The average molecular weight is 544 g/mol. The van der Waals surface area contributed by atoms with Gasteiger partial charge in [-0.1, -0.05) is 48.5 Å². The summed E-state index contributed by atoms with van der Waals surface area (Å²) in [5, 5.41) is 0. The highest BCUT2D eigenvalue weighted by molar-refractivity contribution is 5.79. The van der Waals surface area contributed by atoms with Crippen molar-refractivity contribution in [2.75, 3.05) is 73.1 Å². The van der Waals surface area contributed by atoms with Crippen LogP contribution in [0.4, 0.5) is 4.79 Å². The molecule has 1 aliphatic rings. The maximum absolute atomic E-state index is 12.5. The lowest BCUT2D eigenvalue weighted by atomic mass is 9.98. The number of carbonyl (C=O) groups is 2. The zero-order valence-electron chi connectivity index (χ0n) is 23.5. The van der Waals surface area contributed by atoms with E-state index < -0.39 is 11.6 Å². The Hall–Kier alpha value is -2.98. The Balaban J connectivity index is 1.18. The molecule has 0 N–H and O–H groups in total. The molecule has 39 heavy (non-hydrogen) atoms. The molecule has 0 fully saturated rings. The fourth-order valence-electron chi connectivity index (χ4n) is 4.18. The quantitative estimate of drug-likeness (QED) is 0.229. The van der Waals surface area contributed by atoms with Crippen LogP contribution in [0, 0.1) is 0 Å². The Kier molecular flexibility index (Phi) is 12.2. The maximum atomic E-state index is 12.5. The highest BCUT2D eigenvalue weighted by Crippen LogP contribution is 2.44. The van der Waals surface area contributed by atoms with E-state index in [1.165, 1.54) is 27.2 Å². The number of nitrogens with zero attached hydrogens (tertiary/aromatic N) is 1. The second kappa shape index (κ2) is 15.6. The lowest BCUT2D eigenvalue weighted by molar-refractivity contribution is -0.160. The van der Waals surface area contributed by atoms with Gasteiger partial charge in [0.05, 0.1) is 46.2 Å². The molecule has 0 saturated heterocycles. The molecule has 3 rings (SSSR count). The first kappa shape index (κ1) is 30.6. The summed E-state index contributed by atoms with van der Waals surface area (Å²) >= 11 is 0. The van der Waals surface area contributed by atoms with Gasteiger partial charge in [-0.2, -0.15) is 0 Å². The van der Waals surface area contributed by atoms with Crippen molar-refractivity contribution in [3.63, 3.8) is 0 Å². The van der Waals surface area contributed by atoms with E-state index in [0.29, 0.717) is 59.4 Å². The third-order valence-electron chi connectivity index (χ3n) is 5.97. The standard InChI is InChI=1S/C30H41NO8/c1-30(2,3)39-28(32)22-37-20-19-36-18-17-35-16-15-34-14-13-31(4)29(33)38-21-27-25-11-7-5-9-23(25)24-10-6-8-12-26(24)27/h5-12,27H,13-22H2,1-4H3. The van der Waals surface area contributed by atoms with Crippen molar-refractivity contribution in [2.45, 2.75) is 32.3 Å². The first-order valence-electron chi connectivity index (χ1n) is 13.3. The van der Waals surface area contributed by atoms with Crippen LogP contribution in [0.1, 0.15) is 37.8 Å². The van der Waals surface area contributed by atoms with E-state index in [1.807, 2.05) is 45.0 Å². The van der Waals surface area contributed by atoms with Gasteiger partial charge in [-0.25, -0.2) is 9.59 Å². The summed E-state index contributed by atoms with van der Waals surface area (Å²) in [6, 6.07) is 16.5. The summed E-state index contributed by atoms with van der Waals surface area (Å²) in [5.74, 6) is -0.354. The highest BCUT2D eigenvalue weighted by Gasteiger charge is 2.29. The Morgan fingerprint density at radius 2 is 1.23 bits per heavy atom. The summed E-state index contributed by atoms with van der Waals surface area (Å²) < 4.78 is 32.5. The van der Waals surface area contributed by atoms with Crippen LogP contribution in [0.25, 0.3) is 11.1 Å². The number of ether oxygens (including phenoxy) is 6. The lowest BCUT2D eigenvalue weighted by Crippen LogP contribution is -2.32. The van der Waals surface area contributed by atoms with Gasteiger partial charge in [0.15, 0.2) is 0 Å². The van der Waals surface area contributed by atoms with Crippen LogP contribution in [0.2, 0.25) is 0 Å². The molecule has 0 radical (unpaired) electrons. The number of hydrogen-bond donors (Lipinski definition) is 0. The SMILES string of the molecule is CN(CCOCCOCCOCCOCC(=O)OC(C)(C)C)C(=O)OCC1c2ccccc2-c2ccccc21. The van der Waals surface area contributed by atoms with Gasteiger partial charge in [0.2, 0.25) is 0 Å². The molecule has 0 aliphatic heterocycles. The molecule has 9 nitrogen and oxygen atoms in total. The third-order valence-corrected chi connectivity index (χ3v) is 5.97. The molecule has 0 spiro atoms. The van der Waals surface area contributed by atoms with Gasteiger partial charge in [0, 0.05) is 19.5 Å². The summed E-state index contributed by atoms with van der Waals surface area (Å²) in [5.41, 5.74) is 4.27. The Morgan fingerprint density at radius 3 is 1.77 bits per heavy atom. The van der Waals surface area contributed by atoms with Crippen LogP contribution in [0.15, 0.2) is 48.5 Å². The molecule has 1 aliphatic carbocycles. The van der Waals surface area contributed by atoms with Gasteiger partial charge in [-0.05, 0) is 43.0 Å². The predicted octanol–water partition coefficient (Wildman–Crippen LogP) is 4.28. The summed E-state index contributed by atoms with van der Waals surface area (Å²) in [7, 11) is 1.70. The van der Waals surface area contributed by atoms with Crippen molar-refractivity contribution >= 4 is 12.1 Å². The Bertz CT molecular complexity index is 1010. The fraction of sp³-hybridized carbons (Fsp3) is 0.533. The minimum atomic E-state index is -0.517. The van der Waals surface area contributed by atoms with Crippen LogP contribution < -0.4 is 0 Å². The van der Waals surface area contributed by atoms with E-state index in [1.54, 1.807) is 7.05 Å². The second-order valence-corrected chi connectivity index (χ2v) is 10.2. The smallest absolute Gasteiger partial charge is 0.409 e. The van der Waals surface area contributed by atoms with Crippen molar-refractivity contribution < 1.29 is 38.0 Å². The van der Waals surface area contributed by atoms with Crippen molar-refractivity contribution in [3.05, 3.63) is 59.7 Å². The van der Waals surface area contributed by atoms with Crippen LogP contribution in [0.3, 0.4) is 0 Å².